The van der Waals surface area contributed by atoms with Gasteiger partial charge in [-0.25, -0.2) is 0 Å². The van der Waals surface area contributed by atoms with E-state index in [9.17, 15) is 4.79 Å². The van der Waals surface area contributed by atoms with E-state index in [-0.39, 0.29) is 5.91 Å². The number of hydrogen-bond acceptors (Lipinski definition) is 4. The number of amides is 1. The first kappa shape index (κ1) is 15.6. The molecule has 0 bridgehead atoms. The van der Waals surface area contributed by atoms with E-state index in [0.29, 0.717) is 18.2 Å². The Balaban J connectivity index is 1.92. The molecular formula is C16H26N4O. The number of para-hydroxylation sites is 1. The van der Waals surface area contributed by atoms with Crippen LogP contribution in [0, 0.1) is 0 Å². The second kappa shape index (κ2) is 7.31. The maximum absolute atomic E-state index is 12.3. The molecule has 1 amide bonds. The lowest BCUT2D eigenvalue weighted by Gasteiger charge is -2.24. The number of hydrogen-bond donors (Lipinski definition) is 3. The standard InChI is InChI=1S/C16H26N4O/c1-4-12(2)20(3)11-10-19-16(21)13-6-5-7-14-15(13)18-9-8-17-14/h5-7,12,17-18H,4,8-11H2,1-3H3,(H,19,21). The summed E-state index contributed by atoms with van der Waals surface area (Å²) in [4.78, 5) is 14.6. The molecule has 0 saturated heterocycles. The number of carbonyl (C=O) groups excluding carboxylic acids is 1. The lowest BCUT2D eigenvalue weighted by atomic mass is 10.1. The van der Waals surface area contributed by atoms with E-state index in [1.165, 1.54) is 0 Å². The number of nitrogens with zero attached hydrogens (tertiary/aromatic N) is 1. The van der Waals surface area contributed by atoms with Crippen molar-refractivity contribution in [3.05, 3.63) is 23.8 Å². The summed E-state index contributed by atoms with van der Waals surface area (Å²) in [7, 11) is 2.09. The van der Waals surface area contributed by atoms with E-state index in [2.05, 4.69) is 41.7 Å². The number of rotatable bonds is 6. The Kier molecular flexibility index (Phi) is 5.44. The van der Waals surface area contributed by atoms with Gasteiger partial charge in [-0.15, -0.1) is 0 Å². The van der Waals surface area contributed by atoms with Gasteiger partial charge in [0.1, 0.15) is 0 Å². The molecule has 1 heterocycles. The third-order valence-electron chi connectivity index (χ3n) is 4.14. The molecule has 1 aromatic carbocycles. The molecular weight excluding hydrogens is 264 g/mol. The lowest BCUT2D eigenvalue weighted by molar-refractivity contribution is 0.0948. The molecule has 5 nitrogen and oxygen atoms in total. The first-order valence-corrected chi connectivity index (χ1v) is 7.72. The molecule has 3 N–H and O–H groups in total. The Bertz CT molecular complexity index is 489. The lowest BCUT2D eigenvalue weighted by Crippen LogP contribution is -2.37. The fraction of sp³-hybridized carbons (Fsp3) is 0.562. The van der Waals surface area contributed by atoms with Crippen molar-refractivity contribution in [2.75, 3.05) is 43.9 Å². The van der Waals surface area contributed by atoms with E-state index >= 15 is 0 Å². The summed E-state index contributed by atoms with van der Waals surface area (Å²) >= 11 is 0. The van der Waals surface area contributed by atoms with Gasteiger partial charge in [-0.3, -0.25) is 4.79 Å². The fourth-order valence-electron chi connectivity index (χ4n) is 2.44. The van der Waals surface area contributed by atoms with Gasteiger partial charge in [0.2, 0.25) is 0 Å². The summed E-state index contributed by atoms with van der Waals surface area (Å²) < 4.78 is 0. The monoisotopic (exact) mass is 290 g/mol. The molecule has 2 rings (SSSR count). The molecule has 1 unspecified atom stereocenters. The van der Waals surface area contributed by atoms with Gasteiger partial charge in [0, 0.05) is 32.2 Å². The molecule has 21 heavy (non-hydrogen) atoms. The predicted molar refractivity (Wildman–Crippen MR) is 88.1 cm³/mol. The summed E-state index contributed by atoms with van der Waals surface area (Å²) in [6.45, 7) is 7.63. The van der Waals surface area contributed by atoms with Gasteiger partial charge in [-0.1, -0.05) is 13.0 Å². The van der Waals surface area contributed by atoms with Crippen LogP contribution in [0.25, 0.3) is 0 Å². The summed E-state index contributed by atoms with van der Waals surface area (Å²) in [5.41, 5.74) is 2.63. The van der Waals surface area contributed by atoms with Gasteiger partial charge >= 0.3 is 0 Å². The Morgan fingerprint density at radius 3 is 2.90 bits per heavy atom. The highest BCUT2D eigenvalue weighted by Gasteiger charge is 2.17. The molecule has 1 aromatic rings. The molecule has 116 valence electrons. The number of carbonyl (C=O) groups is 1. The second-order valence-electron chi connectivity index (χ2n) is 5.58. The average molecular weight is 290 g/mol. The van der Waals surface area contributed by atoms with Crippen molar-refractivity contribution in [3.63, 3.8) is 0 Å². The van der Waals surface area contributed by atoms with E-state index in [1.807, 2.05) is 18.2 Å². The highest BCUT2D eigenvalue weighted by molar-refractivity contribution is 6.02. The summed E-state index contributed by atoms with van der Waals surface area (Å²) in [5, 5.41) is 9.62. The van der Waals surface area contributed by atoms with Crippen LogP contribution in [0.2, 0.25) is 0 Å². The van der Waals surface area contributed by atoms with Crippen molar-refractivity contribution in [2.45, 2.75) is 26.3 Å². The van der Waals surface area contributed by atoms with Crippen molar-refractivity contribution in [3.8, 4) is 0 Å². The van der Waals surface area contributed by atoms with Crippen LogP contribution in [0.5, 0.6) is 0 Å². The molecule has 0 spiro atoms. The summed E-state index contributed by atoms with van der Waals surface area (Å²) in [5.74, 6) is -0.0133. The molecule has 1 atom stereocenters. The number of likely N-dealkylation sites (N-methyl/N-ethyl adjacent to an activating group) is 1. The first-order valence-electron chi connectivity index (χ1n) is 7.72. The van der Waals surface area contributed by atoms with Gasteiger partial charge in [0.15, 0.2) is 0 Å². The Hall–Kier alpha value is -1.75. The summed E-state index contributed by atoms with van der Waals surface area (Å²) in [6.07, 6.45) is 1.12. The predicted octanol–water partition coefficient (Wildman–Crippen LogP) is 1.98. The normalized spacial score (nSPS) is 14.9. The number of anilines is 2. The third-order valence-corrected chi connectivity index (χ3v) is 4.14. The van der Waals surface area contributed by atoms with Crippen molar-refractivity contribution in [1.29, 1.82) is 0 Å². The molecule has 1 aliphatic rings. The third kappa shape index (κ3) is 3.88. The second-order valence-corrected chi connectivity index (χ2v) is 5.58. The van der Waals surface area contributed by atoms with Crippen LogP contribution in [0.15, 0.2) is 18.2 Å². The van der Waals surface area contributed by atoms with Crippen LogP contribution >= 0.6 is 0 Å². The maximum atomic E-state index is 12.3. The minimum atomic E-state index is -0.0133. The zero-order valence-corrected chi connectivity index (χ0v) is 13.2. The number of benzene rings is 1. The number of nitrogens with one attached hydrogen (secondary N) is 3. The minimum absolute atomic E-state index is 0.0133. The van der Waals surface area contributed by atoms with Gasteiger partial charge in [-0.05, 0) is 32.5 Å². The molecule has 0 aliphatic carbocycles. The van der Waals surface area contributed by atoms with Crippen molar-refractivity contribution in [2.24, 2.45) is 0 Å². The van der Waals surface area contributed by atoms with E-state index in [4.69, 9.17) is 0 Å². The van der Waals surface area contributed by atoms with Gasteiger partial charge in [0.05, 0.1) is 16.9 Å². The van der Waals surface area contributed by atoms with Crippen molar-refractivity contribution >= 4 is 17.3 Å². The van der Waals surface area contributed by atoms with Crippen molar-refractivity contribution in [1.82, 2.24) is 10.2 Å². The van der Waals surface area contributed by atoms with E-state index in [1.54, 1.807) is 0 Å². The zero-order valence-electron chi connectivity index (χ0n) is 13.2. The topological polar surface area (TPSA) is 56.4 Å². The minimum Gasteiger partial charge on any atom is -0.382 e. The molecule has 5 heteroatoms. The Labute approximate surface area is 127 Å². The maximum Gasteiger partial charge on any atom is 0.253 e. The van der Waals surface area contributed by atoms with Crippen LogP contribution in [-0.4, -0.2) is 50.1 Å². The highest BCUT2D eigenvalue weighted by atomic mass is 16.1. The molecule has 1 aliphatic heterocycles. The van der Waals surface area contributed by atoms with Crippen LogP contribution < -0.4 is 16.0 Å². The largest absolute Gasteiger partial charge is 0.382 e. The molecule has 0 aromatic heterocycles. The molecule has 0 radical (unpaired) electrons. The SMILES string of the molecule is CCC(C)N(C)CCNC(=O)c1cccc2c1NCCN2. The van der Waals surface area contributed by atoms with Crippen LogP contribution in [0.4, 0.5) is 11.4 Å². The average Bonchev–Trinajstić information content (AvgIpc) is 2.53. The Morgan fingerprint density at radius 2 is 2.14 bits per heavy atom. The zero-order chi connectivity index (χ0) is 15.2. The number of fused-ring (bicyclic) bond motifs is 1. The molecule has 0 fully saturated rings. The van der Waals surface area contributed by atoms with Gasteiger partial charge < -0.3 is 20.9 Å². The first-order chi connectivity index (χ1) is 10.1. The van der Waals surface area contributed by atoms with E-state index < -0.39 is 0 Å². The highest BCUT2D eigenvalue weighted by Crippen LogP contribution is 2.28. The fourth-order valence-corrected chi connectivity index (χ4v) is 2.44. The smallest absolute Gasteiger partial charge is 0.253 e. The van der Waals surface area contributed by atoms with Crippen LogP contribution in [-0.2, 0) is 0 Å². The van der Waals surface area contributed by atoms with Crippen LogP contribution in [0.1, 0.15) is 30.6 Å². The van der Waals surface area contributed by atoms with Gasteiger partial charge in [0.25, 0.3) is 5.91 Å². The molecule has 0 saturated carbocycles. The van der Waals surface area contributed by atoms with Gasteiger partial charge in [-0.2, -0.15) is 0 Å². The van der Waals surface area contributed by atoms with Crippen LogP contribution in [0.3, 0.4) is 0 Å². The summed E-state index contributed by atoms with van der Waals surface area (Å²) in [6, 6.07) is 6.32. The van der Waals surface area contributed by atoms with Crippen molar-refractivity contribution < 1.29 is 4.79 Å². The van der Waals surface area contributed by atoms with E-state index in [0.717, 1.165) is 37.4 Å². The quantitative estimate of drug-likeness (QED) is 0.750. The Morgan fingerprint density at radius 1 is 1.38 bits per heavy atom.